The summed E-state index contributed by atoms with van der Waals surface area (Å²) in [5.41, 5.74) is 0. The molecule has 0 aromatic heterocycles. The Hall–Kier alpha value is 0.0400. The Kier molecular flexibility index (Phi) is 5.18. The van der Waals surface area contributed by atoms with Crippen LogP contribution in [0.15, 0.2) is 0 Å². The van der Waals surface area contributed by atoms with Crippen LogP contribution in [0.5, 0.6) is 0 Å². The van der Waals surface area contributed by atoms with Gasteiger partial charge in [0.15, 0.2) is 0 Å². The highest BCUT2D eigenvalue weighted by Crippen LogP contribution is 2.18. The molecule has 0 aliphatic rings. The van der Waals surface area contributed by atoms with Gasteiger partial charge in [-0.05, 0) is 14.0 Å². The summed E-state index contributed by atoms with van der Waals surface area (Å²) in [6, 6.07) is -1.40. The lowest BCUT2D eigenvalue weighted by Crippen LogP contribution is -2.36. The minimum absolute atomic E-state index is 0. The third-order valence-electron chi connectivity index (χ3n) is 0.924. The molecule has 0 spiro atoms. The topological polar surface area (TPSA) is 12.0 Å². The van der Waals surface area contributed by atoms with E-state index >= 15 is 0 Å². The summed E-state index contributed by atoms with van der Waals surface area (Å²) in [4.78, 5) is 0. The first-order valence-corrected chi connectivity index (χ1v) is 2.22. The van der Waals surface area contributed by atoms with E-state index < -0.39 is 12.2 Å². The van der Waals surface area contributed by atoms with Gasteiger partial charge < -0.3 is 5.32 Å². The van der Waals surface area contributed by atoms with Crippen molar-refractivity contribution in [2.45, 2.75) is 19.1 Å². The summed E-state index contributed by atoms with van der Waals surface area (Å²) < 4.78 is 34.2. The fraction of sp³-hybridized carbons (Fsp3) is 1.00. The van der Waals surface area contributed by atoms with Crippen molar-refractivity contribution in [1.82, 2.24) is 5.32 Å². The molecule has 0 aliphatic carbocycles. The van der Waals surface area contributed by atoms with E-state index in [1.807, 2.05) is 0 Å². The maximum atomic E-state index is 11.4. The van der Waals surface area contributed by atoms with Crippen molar-refractivity contribution in [2.24, 2.45) is 0 Å². The maximum absolute atomic E-state index is 11.4. The van der Waals surface area contributed by atoms with Crippen molar-refractivity contribution in [1.29, 1.82) is 0 Å². The van der Waals surface area contributed by atoms with E-state index in [0.29, 0.717) is 0 Å². The monoisotopic (exact) mass is 163 g/mol. The van der Waals surface area contributed by atoms with E-state index in [-0.39, 0.29) is 12.4 Å². The fourth-order valence-electron chi connectivity index (χ4n) is 0.164. The van der Waals surface area contributed by atoms with Crippen LogP contribution in [0.1, 0.15) is 6.92 Å². The summed E-state index contributed by atoms with van der Waals surface area (Å²) in [6.45, 7) is 1.07. The minimum Gasteiger partial charge on any atom is -0.309 e. The molecule has 0 aromatic carbocycles. The fourth-order valence-corrected chi connectivity index (χ4v) is 0.164. The number of rotatable bonds is 1. The van der Waals surface area contributed by atoms with Crippen molar-refractivity contribution in [3.05, 3.63) is 0 Å². The number of hydrogen-bond donors (Lipinski definition) is 1. The number of nitrogens with one attached hydrogen (secondary N) is 1. The van der Waals surface area contributed by atoms with Gasteiger partial charge in [0.2, 0.25) is 0 Å². The third kappa shape index (κ3) is 4.54. The molecule has 0 heterocycles. The number of hydrogen-bond acceptors (Lipinski definition) is 1. The van der Waals surface area contributed by atoms with Crippen LogP contribution >= 0.6 is 12.4 Å². The molecule has 9 heavy (non-hydrogen) atoms. The van der Waals surface area contributed by atoms with E-state index in [9.17, 15) is 13.2 Å². The average Bonchev–Trinajstić information content (AvgIpc) is 1.62. The summed E-state index contributed by atoms with van der Waals surface area (Å²) in [5, 5.41) is 2.08. The van der Waals surface area contributed by atoms with E-state index in [1.165, 1.54) is 7.05 Å². The molecular weight excluding hydrogens is 154 g/mol. The van der Waals surface area contributed by atoms with Crippen molar-refractivity contribution in [2.75, 3.05) is 7.05 Å². The van der Waals surface area contributed by atoms with Crippen LogP contribution in [0.4, 0.5) is 13.2 Å². The zero-order valence-electron chi connectivity index (χ0n) is 5.12. The Morgan fingerprint density at radius 1 is 1.33 bits per heavy atom. The van der Waals surface area contributed by atoms with Crippen LogP contribution < -0.4 is 5.32 Å². The van der Waals surface area contributed by atoms with Crippen LogP contribution in [-0.2, 0) is 0 Å². The molecule has 0 radical (unpaired) electrons. The summed E-state index contributed by atoms with van der Waals surface area (Å²) in [5.74, 6) is 0. The van der Waals surface area contributed by atoms with Crippen LogP contribution in [0.2, 0.25) is 0 Å². The maximum Gasteiger partial charge on any atom is 0.403 e. The van der Waals surface area contributed by atoms with Gasteiger partial charge in [-0.1, -0.05) is 0 Å². The molecule has 0 rings (SSSR count). The Labute approximate surface area is 58.0 Å². The quantitative estimate of drug-likeness (QED) is 0.619. The first-order valence-electron chi connectivity index (χ1n) is 2.22. The second kappa shape index (κ2) is 3.95. The molecule has 0 aromatic rings. The SMILES string of the molecule is CN[C@H](C)C(F)(F)F.Cl. The normalized spacial score (nSPS) is 14.3. The molecule has 0 unspecified atom stereocenters. The minimum atomic E-state index is -4.10. The first-order chi connectivity index (χ1) is 3.48. The largest absolute Gasteiger partial charge is 0.403 e. The first kappa shape index (κ1) is 11.8. The second-order valence-corrected chi connectivity index (χ2v) is 1.55. The summed E-state index contributed by atoms with van der Waals surface area (Å²) in [7, 11) is 1.28. The van der Waals surface area contributed by atoms with Crippen molar-refractivity contribution < 1.29 is 13.2 Å². The van der Waals surface area contributed by atoms with E-state index in [1.54, 1.807) is 0 Å². The highest BCUT2D eigenvalue weighted by atomic mass is 35.5. The van der Waals surface area contributed by atoms with Gasteiger partial charge in [0.25, 0.3) is 0 Å². The van der Waals surface area contributed by atoms with Crippen LogP contribution in [0.3, 0.4) is 0 Å². The third-order valence-corrected chi connectivity index (χ3v) is 0.924. The van der Waals surface area contributed by atoms with E-state index in [2.05, 4.69) is 5.32 Å². The molecule has 1 N–H and O–H groups in total. The van der Waals surface area contributed by atoms with Crippen molar-refractivity contribution in [3.63, 3.8) is 0 Å². The van der Waals surface area contributed by atoms with E-state index in [4.69, 9.17) is 0 Å². The van der Waals surface area contributed by atoms with Gasteiger partial charge in [0.1, 0.15) is 6.04 Å². The number of halogens is 4. The Morgan fingerprint density at radius 2 is 1.67 bits per heavy atom. The van der Waals surface area contributed by atoms with Gasteiger partial charge in [-0.15, -0.1) is 12.4 Å². The molecule has 0 aliphatic heterocycles. The molecule has 0 saturated heterocycles. The molecule has 1 atom stereocenters. The van der Waals surface area contributed by atoms with Gasteiger partial charge >= 0.3 is 6.18 Å². The molecule has 0 amide bonds. The standard InChI is InChI=1S/C4H8F3N.ClH/c1-3(8-2)4(5,6)7;/h3,8H,1-2H3;1H/t3-;/m1./s1. The lowest BCUT2D eigenvalue weighted by Gasteiger charge is -2.13. The average molecular weight is 164 g/mol. The molecule has 0 fully saturated rings. The molecule has 0 bridgehead atoms. The van der Waals surface area contributed by atoms with Gasteiger partial charge in [0.05, 0.1) is 0 Å². The predicted octanol–water partition coefficient (Wildman–Crippen LogP) is 1.58. The second-order valence-electron chi connectivity index (χ2n) is 1.55. The zero-order chi connectivity index (χ0) is 6.78. The Balaban J connectivity index is 0. The molecule has 1 nitrogen and oxygen atoms in total. The predicted molar refractivity (Wildman–Crippen MR) is 31.8 cm³/mol. The highest BCUT2D eigenvalue weighted by Gasteiger charge is 2.34. The van der Waals surface area contributed by atoms with Gasteiger partial charge in [-0.3, -0.25) is 0 Å². The van der Waals surface area contributed by atoms with Gasteiger partial charge in [0, 0.05) is 0 Å². The lowest BCUT2D eigenvalue weighted by molar-refractivity contribution is -0.150. The summed E-state index contributed by atoms with van der Waals surface area (Å²) >= 11 is 0. The lowest BCUT2D eigenvalue weighted by atomic mass is 10.3. The summed E-state index contributed by atoms with van der Waals surface area (Å²) in [6.07, 6.45) is -4.10. The van der Waals surface area contributed by atoms with Crippen molar-refractivity contribution in [3.8, 4) is 0 Å². The Bertz CT molecular complexity index is 72.7. The molecule has 58 valence electrons. The molecule has 5 heteroatoms. The van der Waals surface area contributed by atoms with Crippen molar-refractivity contribution >= 4 is 12.4 Å². The molecular formula is C4H9ClF3N. The zero-order valence-corrected chi connectivity index (χ0v) is 5.94. The van der Waals surface area contributed by atoms with Gasteiger partial charge in [-0.2, -0.15) is 13.2 Å². The van der Waals surface area contributed by atoms with Crippen LogP contribution in [0, 0.1) is 0 Å². The van der Waals surface area contributed by atoms with E-state index in [0.717, 1.165) is 6.92 Å². The van der Waals surface area contributed by atoms with Crippen LogP contribution in [-0.4, -0.2) is 19.3 Å². The smallest absolute Gasteiger partial charge is 0.309 e. The Morgan fingerprint density at radius 3 is 1.67 bits per heavy atom. The number of alkyl halides is 3. The highest BCUT2D eigenvalue weighted by molar-refractivity contribution is 5.85. The van der Waals surface area contributed by atoms with Gasteiger partial charge in [-0.25, -0.2) is 0 Å². The van der Waals surface area contributed by atoms with Crippen LogP contribution in [0.25, 0.3) is 0 Å². The molecule has 0 saturated carbocycles.